The number of aryl methyl sites for hydroxylation is 1. The third kappa shape index (κ3) is 3.48. The molecule has 2 N–H and O–H groups in total. The molecule has 0 atom stereocenters. The molecule has 0 aliphatic heterocycles. The summed E-state index contributed by atoms with van der Waals surface area (Å²) < 4.78 is 0. The number of rotatable bonds is 4. The van der Waals surface area contributed by atoms with Gasteiger partial charge in [-0.3, -0.25) is 9.59 Å². The second kappa shape index (κ2) is 6.39. The van der Waals surface area contributed by atoms with Crippen LogP contribution < -0.4 is 10.9 Å². The van der Waals surface area contributed by atoms with Crippen LogP contribution in [0.25, 0.3) is 0 Å². The molecule has 1 aromatic carbocycles. The molecule has 1 aromatic heterocycles. The fourth-order valence-electron chi connectivity index (χ4n) is 1.89. The number of hydrogen-bond acceptors (Lipinski definition) is 2. The van der Waals surface area contributed by atoms with E-state index in [0.29, 0.717) is 12.1 Å². The standard InChI is InChI=1S/C15H15ClN2O2/c1-10-4-2-3-5-11(10)6-7-17-14(19)12-8-13(16)15(20)18-9-12/h2-5,8-9H,6-7H2,1H3,(H,17,19)(H,18,20). The Bertz CT molecular complexity index is 680. The predicted octanol–water partition coefficient (Wildman–Crippen LogP) is 2.31. The van der Waals surface area contributed by atoms with E-state index in [1.807, 2.05) is 31.2 Å². The summed E-state index contributed by atoms with van der Waals surface area (Å²) in [6.45, 7) is 2.57. The fourth-order valence-corrected chi connectivity index (χ4v) is 2.06. The summed E-state index contributed by atoms with van der Waals surface area (Å²) in [5, 5.41) is 2.81. The van der Waals surface area contributed by atoms with Crippen LogP contribution in [0.2, 0.25) is 5.02 Å². The van der Waals surface area contributed by atoms with Crippen molar-refractivity contribution in [2.75, 3.05) is 6.54 Å². The van der Waals surface area contributed by atoms with Crippen LogP contribution in [0.3, 0.4) is 0 Å². The highest BCUT2D eigenvalue weighted by molar-refractivity contribution is 6.30. The number of pyridine rings is 1. The molecule has 0 unspecified atom stereocenters. The number of aromatic amines is 1. The number of carbonyl (C=O) groups is 1. The summed E-state index contributed by atoms with van der Waals surface area (Å²) in [7, 11) is 0. The van der Waals surface area contributed by atoms with Gasteiger partial charge in [-0.15, -0.1) is 0 Å². The predicted molar refractivity (Wildman–Crippen MR) is 79.3 cm³/mol. The average molecular weight is 291 g/mol. The maximum absolute atomic E-state index is 11.9. The molecule has 1 heterocycles. The highest BCUT2D eigenvalue weighted by Gasteiger charge is 2.07. The normalized spacial score (nSPS) is 10.3. The lowest BCUT2D eigenvalue weighted by Crippen LogP contribution is -2.26. The first-order chi connectivity index (χ1) is 9.58. The molecular formula is C15H15ClN2O2. The maximum Gasteiger partial charge on any atom is 0.266 e. The molecule has 0 radical (unpaired) electrons. The van der Waals surface area contributed by atoms with E-state index in [1.54, 1.807) is 0 Å². The van der Waals surface area contributed by atoms with Crippen LogP contribution in [0.15, 0.2) is 41.3 Å². The van der Waals surface area contributed by atoms with Crippen molar-refractivity contribution in [3.05, 3.63) is 68.6 Å². The summed E-state index contributed by atoms with van der Waals surface area (Å²) in [6, 6.07) is 9.41. The molecule has 0 bridgehead atoms. The number of aromatic nitrogens is 1. The van der Waals surface area contributed by atoms with Crippen molar-refractivity contribution < 1.29 is 4.79 Å². The Hall–Kier alpha value is -2.07. The first-order valence-corrected chi connectivity index (χ1v) is 6.66. The Morgan fingerprint density at radius 3 is 2.80 bits per heavy atom. The van der Waals surface area contributed by atoms with E-state index in [9.17, 15) is 9.59 Å². The third-order valence-corrected chi connectivity index (χ3v) is 3.34. The van der Waals surface area contributed by atoms with Crippen LogP contribution in [0, 0.1) is 6.92 Å². The van der Waals surface area contributed by atoms with Gasteiger partial charge in [0.05, 0.1) is 5.56 Å². The second-order valence-electron chi connectivity index (χ2n) is 4.50. The minimum Gasteiger partial charge on any atom is -0.352 e. The number of amides is 1. The molecular weight excluding hydrogens is 276 g/mol. The first kappa shape index (κ1) is 14.3. The smallest absolute Gasteiger partial charge is 0.266 e. The topological polar surface area (TPSA) is 62.0 Å². The molecule has 0 aliphatic rings. The van der Waals surface area contributed by atoms with Gasteiger partial charge in [0.2, 0.25) is 0 Å². The SMILES string of the molecule is Cc1ccccc1CCNC(=O)c1c[nH]c(=O)c(Cl)c1. The molecule has 0 aliphatic carbocycles. The van der Waals surface area contributed by atoms with Gasteiger partial charge >= 0.3 is 0 Å². The first-order valence-electron chi connectivity index (χ1n) is 6.29. The van der Waals surface area contributed by atoms with Crippen LogP contribution in [0.5, 0.6) is 0 Å². The largest absolute Gasteiger partial charge is 0.352 e. The Labute approximate surface area is 121 Å². The van der Waals surface area contributed by atoms with Gasteiger partial charge < -0.3 is 10.3 Å². The van der Waals surface area contributed by atoms with E-state index in [-0.39, 0.29) is 10.9 Å². The third-order valence-electron chi connectivity index (χ3n) is 3.06. The lowest BCUT2D eigenvalue weighted by atomic mass is 10.1. The molecule has 0 saturated carbocycles. The number of hydrogen-bond donors (Lipinski definition) is 2. The lowest BCUT2D eigenvalue weighted by Gasteiger charge is -2.07. The summed E-state index contributed by atoms with van der Waals surface area (Å²) in [5.41, 5.74) is 2.35. The van der Waals surface area contributed by atoms with Crippen LogP contribution in [0.1, 0.15) is 21.5 Å². The number of carbonyl (C=O) groups excluding carboxylic acids is 1. The van der Waals surface area contributed by atoms with E-state index in [4.69, 9.17) is 11.6 Å². The molecule has 5 heteroatoms. The van der Waals surface area contributed by atoms with Gasteiger partial charge in [0.1, 0.15) is 5.02 Å². The molecule has 2 aromatic rings. The van der Waals surface area contributed by atoms with E-state index in [0.717, 1.165) is 6.42 Å². The lowest BCUT2D eigenvalue weighted by molar-refractivity contribution is 0.0953. The van der Waals surface area contributed by atoms with Crippen molar-refractivity contribution in [2.45, 2.75) is 13.3 Å². The Morgan fingerprint density at radius 1 is 1.35 bits per heavy atom. The zero-order valence-corrected chi connectivity index (χ0v) is 11.8. The minimum absolute atomic E-state index is 0.0107. The monoisotopic (exact) mass is 290 g/mol. The molecule has 4 nitrogen and oxygen atoms in total. The summed E-state index contributed by atoms with van der Waals surface area (Å²) in [6.07, 6.45) is 2.12. The number of H-pyrrole nitrogens is 1. The van der Waals surface area contributed by atoms with Gasteiger partial charge in [-0.25, -0.2) is 0 Å². The van der Waals surface area contributed by atoms with Crippen LogP contribution >= 0.6 is 11.6 Å². The average Bonchev–Trinajstić information content (AvgIpc) is 2.44. The molecule has 0 spiro atoms. The second-order valence-corrected chi connectivity index (χ2v) is 4.91. The highest BCUT2D eigenvalue weighted by atomic mass is 35.5. The molecule has 0 saturated heterocycles. The molecule has 1 amide bonds. The molecule has 2 rings (SSSR count). The van der Waals surface area contributed by atoms with Crippen molar-refractivity contribution in [1.29, 1.82) is 0 Å². The van der Waals surface area contributed by atoms with Crippen LogP contribution in [-0.2, 0) is 6.42 Å². The molecule has 20 heavy (non-hydrogen) atoms. The van der Waals surface area contributed by atoms with E-state index >= 15 is 0 Å². The number of halogens is 1. The van der Waals surface area contributed by atoms with E-state index in [2.05, 4.69) is 10.3 Å². The van der Waals surface area contributed by atoms with E-state index in [1.165, 1.54) is 23.4 Å². The number of benzene rings is 1. The number of nitrogens with one attached hydrogen (secondary N) is 2. The van der Waals surface area contributed by atoms with Crippen LogP contribution in [0.4, 0.5) is 0 Å². The van der Waals surface area contributed by atoms with Crippen molar-refractivity contribution in [1.82, 2.24) is 10.3 Å². The zero-order valence-electron chi connectivity index (χ0n) is 11.1. The van der Waals surface area contributed by atoms with Gasteiger partial charge in [-0.1, -0.05) is 35.9 Å². The Morgan fingerprint density at radius 2 is 2.10 bits per heavy atom. The van der Waals surface area contributed by atoms with Crippen LogP contribution in [-0.4, -0.2) is 17.4 Å². The van der Waals surface area contributed by atoms with Crippen molar-refractivity contribution >= 4 is 17.5 Å². The van der Waals surface area contributed by atoms with Crippen molar-refractivity contribution in [3.63, 3.8) is 0 Å². The fraction of sp³-hybridized carbons (Fsp3) is 0.200. The van der Waals surface area contributed by atoms with Crippen molar-refractivity contribution in [3.8, 4) is 0 Å². The summed E-state index contributed by atoms with van der Waals surface area (Å²) in [4.78, 5) is 25.4. The van der Waals surface area contributed by atoms with Gasteiger partial charge in [-0.05, 0) is 30.5 Å². The summed E-state index contributed by atoms with van der Waals surface area (Å²) in [5.74, 6) is -0.253. The minimum atomic E-state index is -0.400. The quantitative estimate of drug-likeness (QED) is 0.908. The molecule has 104 valence electrons. The molecule has 0 fully saturated rings. The van der Waals surface area contributed by atoms with Crippen molar-refractivity contribution in [2.24, 2.45) is 0 Å². The van der Waals surface area contributed by atoms with Gasteiger partial charge in [-0.2, -0.15) is 0 Å². The Kier molecular flexibility index (Phi) is 4.58. The van der Waals surface area contributed by atoms with Gasteiger partial charge in [0.15, 0.2) is 0 Å². The highest BCUT2D eigenvalue weighted by Crippen LogP contribution is 2.07. The zero-order chi connectivity index (χ0) is 14.5. The summed E-state index contributed by atoms with van der Waals surface area (Å²) >= 11 is 5.68. The van der Waals surface area contributed by atoms with Gasteiger partial charge in [0.25, 0.3) is 11.5 Å². The maximum atomic E-state index is 11.9. The van der Waals surface area contributed by atoms with Gasteiger partial charge in [0, 0.05) is 12.7 Å². The van der Waals surface area contributed by atoms with E-state index < -0.39 is 5.56 Å². The Balaban J connectivity index is 1.94.